The summed E-state index contributed by atoms with van der Waals surface area (Å²) >= 11 is 0. The first kappa shape index (κ1) is 23.1. The van der Waals surface area contributed by atoms with Gasteiger partial charge in [-0.3, -0.25) is 0 Å². The maximum atomic E-state index is 13.1. The lowest BCUT2D eigenvalue weighted by Gasteiger charge is -2.39. The van der Waals surface area contributed by atoms with Gasteiger partial charge < -0.3 is 5.11 Å². The minimum Gasteiger partial charge on any atom is -0.396 e. The van der Waals surface area contributed by atoms with Crippen LogP contribution in [0.25, 0.3) is 0 Å². The highest BCUT2D eigenvalue weighted by Gasteiger charge is 2.90. The zero-order chi connectivity index (χ0) is 19.8. The lowest BCUT2D eigenvalue weighted by Crippen LogP contribution is -2.70. The van der Waals surface area contributed by atoms with Gasteiger partial charge in [-0.15, -0.1) is 0 Å². The number of aliphatic hydroxyl groups is 1. The van der Waals surface area contributed by atoms with E-state index in [1.165, 1.54) is 0 Å². The average molecular weight is 392 g/mol. The van der Waals surface area contributed by atoms with E-state index >= 15 is 0 Å². The van der Waals surface area contributed by atoms with Gasteiger partial charge >= 0.3 is 35.8 Å². The van der Waals surface area contributed by atoms with Crippen LogP contribution in [0.4, 0.5) is 57.1 Å². The van der Waals surface area contributed by atoms with Crippen molar-refractivity contribution >= 4 is 0 Å². The van der Waals surface area contributed by atoms with E-state index in [0.29, 0.717) is 0 Å². The van der Waals surface area contributed by atoms with E-state index in [1.54, 1.807) is 0 Å². The minimum atomic E-state index is -7.86. The average Bonchev–Trinajstić information content (AvgIpc) is 2.36. The minimum absolute atomic E-state index is 0.660. The largest absolute Gasteiger partial charge is 0.460 e. The van der Waals surface area contributed by atoms with Gasteiger partial charge in [0.15, 0.2) is 0 Å². The van der Waals surface area contributed by atoms with E-state index in [2.05, 4.69) is 0 Å². The Labute approximate surface area is 125 Å². The molecule has 0 aliphatic rings. The molecule has 14 heteroatoms. The summed E-state index contributed by atoms with van der Waals surface area (Å²) in [6.45, 7) is -0.875. The van der Waals surface area contributed by atoms with Gasteiger partial charge in [-0.2, -0.15) is 57.1 Å². The van der Waals surface area contributed by atoms with Crippen molar-refractivity contribution in [3.8, 4) is 0 Å². The molecule has 0 aliphatic carbocycles. The maximum absolute atomic E-state index is 13.1. The third-order valence-corrected chi connectivity index (χ3v) is 2.90. The molecule has 0 saturated heterocycles. The Bertz CT molecular complexity index is 425. The Morgan fingerprint density at radius 1 is 0.500 bits per heavy atom. The van der Waals surface area contributed by atoms with Crippen LogP contribution in [0.15, 0.2) is 0 Å². The number of hydrogen-bond donors (Lipinski definition) is 1. The zero-order valence-electron chi connectivity index (χ0n) is 11.2. The van der Waals surface area contributed by atoms with Gasteiger partial charge in [0.1, 0.15) is 0 Å². The van der Waals surface area contributed by atoms with E-state index < -0.39 is 61.7 Å². The Morgan fingerprint density at radius 3 is 1.21 bits per heavy atom. The third-order valence-electron chi connectivity index (χ3n) is 2.90. The van der Waals surface area contributed by atoms with Crippen LogP contribution < -0.4 is 0 Å². The van der Waals surface area contributed by atoms with Crippen molar-refractivity contribution < 1.29 is 62.2 Å². The Balaban J connectivity index is 5.92. The van der Waals surface area contributed by atoms with Crippen LogP contribution in [0.3, 0.4) is 0 Å². The van der Waals surface area contributed by atoms with Crippen LogP contribution >= 0.6 is 0 Å². The molecule has 0 bridgehead atoms. The summed E-state index contributed by atoms with van der Waals surface area (Å²) < 4.78 is 164. The molecule has 1 N–H and O–H groups in total. The first-order chi connectivity index (χ1) is 10.3. The highest BCUT2D eigenvalue weighted by Crippen LogP contribution is 2.60. The molecule has 0 aromatic carbocycles. The van der Waals surface area contributed by atoms with E-state index in [4.69, 9.17) is 5.11 Å². The third kappa shape index (κ3) is 3.38. The predicted molar refractivity (Wildman–Crippen MR) is 51.7 cm³/mol. The molecule has 0 fully saturated rings. The summed E-state index contributed by atoms with van der Waals surface area (Å²) in [6.07, 6.45) is -11.4. The highest BCUT2D eigenvalue weighted by atomic mass is 19.4. The fraction of sp³-hybridized carbons (Fsp3) is 1.00. The molecule has 0 aliphatic heterocycles. The van der Waals surface area contributed by atoms with E-state index in [1.807, 2.05) is 0 Å². The van der Waals surface area contributed by atoms with E-state index in [9.17, 15) is 57.1 Å². The normalized spacial score (nSPS) is 15.8. The summed E-state index contributed by atoms with van der Waals surface area (Å²) in [5.41, 5.74) is 0. The van der Waals surface area contributed by atoms with E-state index in [0.717, 1.165) is 0 Å². The molecule has 0 heterocycles. The van der Waals surface area contributed by atoms with Gasteiger partial charge in [0.05, 0.1) is 0 Å². The molecule has 0 aromatic rings. The SMILES string of the molecule is OCCCCC(F)(F)C(F)(F)C(F)(F)C(F)(F)C(F)(F)C(F)(F)F. The van der Waals surface area contributed by atoms with Gasteiger partial charge in [-0.1, -0.05) is 0 Å². The molecule has 1 nitrogen and oxygen atoms in total. The molecule has 146 valence electrons. The maximum Gasteiger partial charge on any atom is 0.460 e. The van der Waals surface area contributed by atoms with Crippen molar-refractivity contribution in [2.24, 2.45) is 0 Å². The Kier molecular flexibility index (Phi) is 6.15. The summed E-state index contributed by atoms with van der Waals surface area (Å²) in [6, 6.07) is 0. The first-order valence-electron chi connectivity index (χ1n) is 5.88. The summed E-state index contributed by atoms with van der Waals surface area (Å²) in [5, 5.41) is 8.23. The number of alkyl halides is 13. The van der Waals surface area contributed by atoms with Gasteiger partial charge in [0.2, 0.25) is 0 Å². The highest BCUT2D eigenvalue weighted by molar-refractivity contribution is 5.10. The second-order valence-electron chi connectivity index (χ2n) is 4.68. The second kappa shape index (κ2) is 6.41. The van der Waals surface area contributed by atoms with E-state index in [-0.39, 0.29) is 0 Å². The molecular formula is C10H9F13O. The Morgan fingerprint density at radius 2 is 0.875 bits per heavy atom. The number of unbranched alkanes of at least 4 members (excludes halogenated alkanes) is 1. The molecular weight excluding hydrogens is 383 g/mol. The molecule has 0 radical (unpaired) electrons. The molecule has 0 unspecified atom stereocenters. The van der Waals surface area contributed by atoms with Crippen molar-refractivity contribution in [3.63, 3.8) is 0 Å². The van der Waals surface area contributed by atoms with Crippen molar-refractivity contribution in [1.82, 2.24) is 0 Å². The van der Waals surface area contributed by atoms with Crippen molar-refractivity contribution in [2.75, 3.05) is 6.61 Å². The van der Waals surface area contributed by atoms with Crippen molar-refractivity contribution in [1.29, 1.82) is 0 Å². The molecule has 24 heavy (non-hydrogen) atoms. The molecule has 0 saturated carbocycles. The van der Waals surface area contributed by atoms with Crippen LogP contribution in [0.2, 0.25) is 0 Å². The van der Waals surface area contributed by atoms with Crippen LogP contribution in [-0.2, 0) is 0 Å². The summed E-state index contributed by atoms with van der Waals surface area (Å²) in [5.74, 6) is -36.6. The summed E-state index contributed by atoms with van der Waals surface area (Å²) in [4.78, 5) is 0. The quantitative estimate of drug-likeness (QED) is 0.461. The summed E-state index contributed by atoms with van der Waals surface area (Å²) in [7, 11) is 0. The van der Waals surface area contributed by atoms with Gasteiger partial charge in [0.25, 0.3) is 0 Å². The molecule has 0 spiro atoms. The fourth-order valence-electron chi connectivity index (χ4n) is 1.42. The van der Waals surface area contributed by atoms with Crippen LogP contribution in [0.5, 0.6) is 0 Å². The van der Waals surface area contributed by atoms with Gasteiger partial charge in [0, 0.05) is 13.0 Å². The monoisotopic (exact) mass is 392 g/mol. The van der Waals surface area contributed by atoms with Crippen LogP contribution in [-0.4, -0.2) is 47.5 Å². The van der Waals surface area contributed by atoms with Gasteiger partial charge in [-0.25, -0.2) is 0 Å². The lowest BCUT2D eigenvalue weighted by atomic mass is 9.92. The topological polar surface area (TPSA) is 20.2 Å². The number of rotatable bonds is 8. The number of aliphatic hydroxyl groups excluding tert-OH is 1. The standard InChI is InChI=1S/C10H9F13O/c11-5(12,3-1-2-4-24)6(13,14)7(15,16)8(17,18)9(19,20)10(21,22)23/h24H,1-4H2. The van der Waals surface area contributed by atoms with Crippen LogP contribution in [0, 0.1) is 0 Å². The molecule has 0 amide bonds. The number of halogens is 13. The lowest BCUT2D eigenvalue weighted by molar-refractivity contribution is -0.440. The van der Waals surface area contributed by atoms with Crippen molar-refractivity contribution in [3.05, 3.63) is 0 Å². The van der Waals surface area contributed by atoms with Crippen molar-refractivity contribution in [2.45, 2.75) is 55.1 Å². The first-order valence-corrected chi connectivity index (χ1v) is 5.88. The Hall–Kier alpha value is -0.950. The molecule has 0 rings (SSSR count). The van der Waals surface area contributed by atoms with Gasteiger partial charge in [-0.05, 0) is 12.8 Å². The second-order valence-corrected chi connectivity index (χ2v) is 4.68. The fourth-order valence-corrected chi connectivity index (χ4v) is 1.42. The number of hydrogen-bond acceptors (Lipinski definition) is 1. The van der Waals surface area contributed by atoms with Crippen LogP contribution in [0.1, 0.15) is 19.3 Å². The molecule has 0 aromatic heterocycles. The zero-order valence-corrected chi connectivity index (χ0v) is 11.2. The molecule has 0 atom stereocenters. The predicted octanol–water partition coefficient (Wildman–Crippen LogP) is 4.89. The smallest absolute Gasteiger partial charge is 0.396 e.